The standard InChI is InChI=1S/C20H22N6/c21-19-23-18(26-17-7-3-2-6-16(17)22-20(26)24-19)14-8-10-15(11-9-14)25-12-4-1-5-13-25/h2-3,6-11,18H,1,4-5,12-13H2,(H3,21,22,23,24)/t18-/m0/s1. The van der Waals surface area contributed by atoms with E-state index in [0.29, 0.717) is 5.96 Å². The van der Waals surface area contributed by atoms with E-state index in [1.807, 2.05) is 18.2 Å². The number of fused-ring (bicyclic) bond motifs is 3. The zero-order valence-corrected chi connectivity index (χ0v) is 14.6. The molecule has 2 aliphatic rings. The molecule has 1 aromatic heterocycles. The first-order chi connectivity index (χ1) is 12.8. The lowest BCUT2D eigenvalue weighted by Crippen LogP contribution is -2.31. The van der Waals surface area contributed by atoms with E-state index in [1.54, 1.807) is 0 Å². The first-order valence-corrected chi connectivity index (χ1v) is 9.22. The number of nitrogens with zero attached hydrogens (tertiary/aromatic N) is 4. The monoisotopic (exact) mass is 346 g/mol. The SMILES string of the molecule is NC1=N[C@H](c2ccc(N3CCCCC3)cc2)n2c(nc3ccccc32)N1. The summed E-state index contributed by atoms with van der Waals surface area (Å²) >= 11 is 0. The first-order valence-electron chi connectivity index (χ1n) is 9.22. The van der Waals surface area contributed by atoms with Crippen LogP contribution in [-0.2, 0) is 0 Å². The van der Waals surface area contributed by atoms with Crippen LogP contribution in [0.3, 0.4) is 0 Å². The quantitative estimate of drug-likeness (QED) is 0.747. The van der Waals surface area contributed by atoms with Gasteiger partial charge in [-0.3, -0.25) is 9.88 Å². The highest BCUT2D eigenvalue weighted by atomic mass is 15.4. The maximum atomic E-state index is 6.02. The van der Waals surface area contributed by atoms with Crippen LogP contribution >= 0.6 is 0 Å². The summed E-state index contributed by atoms with van der Waals surface area (Å²) in [5, 5.41) is 3.08. The van der Waals surface area contributed by atoms with Crippen LogP contribution in [0.25, 0.3) is 11.0 Å². The van der Waals surface area contributed by atoms with Gasteiger partial charge in [-0.25, -0.2) is 9.98 Å². The average Bonchev–Trinajstić information content (AvgIpc) is 3.06. The van der Waals surface area contributed by atoms with Gasteiger partial charge >= 0.3 is 0 Å². The van der Waals surface area contributed by atoms with Gasteiger partial charge in [-0.05, 0) is 49.1 Å². The van der Waals surface area contributed by atoms with Crippen LogP contribution < -0.4 is 16.0 Å². The minimum absolute atomic E-state index is 0.200. The van der Waals surface area contributed by atoms with Gasteiger partial charge in [0.15, 0.2) is 12.1 Å². The summed E-state index contributed by atoms with van der Waals surface area (Å²) in [4.78, 5) is 11.8. The Balaban J connectivity index is 1.54. The molecule has 2 aliphatic heterocycles. The van der Waals surface area contributed by atoms with Crippen molar-refractivity contribution in [2.24, 2.45) is 10.7 Å². The van der Waals surface area contributed by atoms with Gasteiger partial charge in [0.05, 0.1) is 11.0 Å². The average molecular weight is 346 g/mol. The number of para-hydroxylation sites is 2. The second kappa shape index (κ2) is 6.05. The highest BCUT2D eigenvalue weighted by Crippen LogP contribution is 2.33. The predicted molar refractivity (Wildman–Crippen MR) is 106 cm³/mol. The topological polar surface area (TPSA) is 71.5 Å². The molecular weight excluding hydrogens is 324 g/mol. The molecule has 1 fully saturated rings. The van der Waals surface area contributed by atoms with E-state index in [0.717, 1.165) is 35.6 Å². The number of hydrogen-bond donors (Lipinski definition) is 2. The molecule has 1 saturated heterocycles. The lowest BCUT2D eigenvalue weighted by Gasteiger charge is -2.29. The van der Waals surface area contributed by atoms with Gasteiger partial charge in [-0.1, -0.05) is 24.3 Å². The third-order valence-electron chi connectivity index (χ3n) is 5.25. The smallest absolute Gasteiger partial charge is 0.212 e. The lowest BCUT2D eigenvalue weighted by molar-refractivity contribution is 0.577. The summed E-state index contributed by atoms with van der Waals surface area (Å²) < 4.78 is 2.11. The van der Waals surface area contributed by atoms with E-state index in [9.17, 15) is 0 Å². The van der Waals surface area contributed by atoms with Crippen LogP contribution in [0.5, 0.6) is 0 Å². The van der Waals surface area contributed by atoms with Crippen LogP contribution in [0.1, 0.15) is 31.0 Å². The third-order valence-corrected chi connectivity index (χ3v) is 5.25. The maximum absolute atomic E-state index is 6.02. The summed E-state index contributed by atoms with van der Waals surface area (Å²) in [6.45, 7) is 2.29. The minimum atomic E-state index is -0.200. The molecule has 0 spiro atoms. The molecule has 0 unspecified atom stereocenters. The molecule has 1 atom stereocenters. The molecular formula is C20H22N6. The van der Waals surface area contributed by atoms with Crippen molar-refractivity contribution in [3.63, 3.8) is 0 Å². The Morgan fingerprint density at radius 3 is 2.54 bits per heavy atom. The van der Waals surface area contributed by atoms with Crippen LogP contribution in [-0.4, -0.2) is 28.6 Å². The Bertz CT molecular complexity index is 966. The van der Waals surface area contributed by atoms with Crippen molar-refractivity contribution in [3.05, 3.63) is 54.1 Å². The maximum Gasteiger partial charge on any atom is 0.212 e. The van der Waals surface area contributed by atoms with Gasteiger partial charge in [-0.2, -0.15) is 0 Å². The summed E-state index contributed by atoms with van der Waals surface area (Å²) in [5.74, 6) is 1.14. The molecule has 3 aromatic rings. The number of nitrogens with one attached hydrogen (secondary N) is 1. The van der Waals surface area contributed by atoms with Crippen LogP contribution in [0.2, 0.25) is 0 Å². The molecule has 0 amide bonds. The zero-order chi connectivity index (χ0) is 17.5. The molecule has 26 heavy (non-hydrogen) atoms. The van der Waals surface area contributed by atoms with Gasteiger partial charge in [0, 0.05) is 18.8 Å². The Kier molecular flexibility index (Phi) is 3.55. The second-order valence-corrected chi connectivity index (χ2v) is 6.95. The first kappa shape index (κ1) is 15.3. The highest BCUT2D eigenvalue weighted by molar-refractivity contribution is 5.94. The lowest BCUT2D eigenvalue weighted by atomic mass is 10.1. The Morgan fingerprint density at radius 2 is 1.73 bits per heavy atom. The summed E-state index contributed by atoms with van der Waals surface area (Å²) in [6, 6.07) is 16.8. The third kappa shape index (κ3) is 2.49. The van der Waals surface area contributed by atoms with Gasteiger partial charge in [-0.15, -0.1) is 0 Å². The molecule has 0 radical (unpaired) electrons. The van der Waals surface area contributed by atoms with Crippen molar-refractivity contribution >= 4 is 28.6 Å². The largest absolute Gasteiger partial charge is 0.372 e. The van der Waals surface area contributed by atoms with E-state index in [4.69, 9.17) is 5.73 Å². The zero-order valence-electron chi connectivity index (χ0n) is 14.6. The van der Waals surface area contributed by atoms with Crippen molar-refractivity contribution < 1.29 is 0 Å². The number of benzene rings is 2. The number of aliphatic imine (C=N–C) groups is 1. The normalized spacial score (nSPS) is 19.8. The number of guanidine groups is 1. The molecule has 0 bridgehead atoms. The van der Waals surface area contributed by atoms with Gasteiger partial charge in [0.25, 0.3) is 0 Å². The fourth-order valence-electron chi connectivity index (χ4n) is 3.95. The predicted octanol–water partition coefficient (Wildman–Crippen LogP) is 3.31. The van der Waals surface area contributed by atoms with E-state index < -0.39 is 0 Å². The van der Waals surface area contributed by atoms with Crippen LogP contribution in [0.4, 0.5) is 11.6 Å². The number of aromatic nitrogens is 2. The van der Waals surface area contributed by atoms with E-state index >= 15 is 0 Å². The van der Waals surface area contributed by atoms with Crippen molar-refractivity contribution in [2.75, 3.05) is 23.3 Å². The second-order valence-electron chi connectivity index (χ2n) is 6.95. The van der Waals surface area contributed by atoms with Crippen molar-refractivity contribution in [3.8, 4) is 0 Å². The van der Waals surface area contributed by atoms with Gasteiger partial charge in [0.2, 0.25) is 5.95 Å². The number of piperidine rings is 1. The van der Waals surface area contributed by atoms with E-state index in [2.05, 4.69) is 55.1 Å². The molecule has 132 valence electrons. The molecule has 3 heterocycles. The molecule has 6 nitrogen and oxygen atoms in total. The highest BCUT2D eigenvalue weighted by Gasteiger charge is 2.25. The summed E-state index contributed by atoms with van der Waals surface area (Å²) in [7, 11) is 0. The Hall–Kier alpha value is -3.02. The fourth-order valence-corrected chi connectivity index (χ4v) is 3.95. The van der Waals surface area contributed by atoms with E-state index in [-0.39, 0.29) is 6.17 Å². The van der Waals surface area contributed by atoms with Gasteiger partial charge < -0.3 is 10.6 Å². The van der Waals surface area contributed by atoms with Crippen molar-refractivity contribution in [2.45, 2.75) is 25.4 Å². The number of anilines is 2. The van der Waals surface area contributed by atoms with Crippen molar-refractivity contribution in [1.82, 2.24) is 9.55 Å². The summed E-state index contributed by atoms with van der Waals surface area (Å²) in [5.41, 5.74) is 10.4. The molecule has 0 saturated carbocycles. The van der Waals surface area contributed by atoms with Crippen LogP contribution in [0.15, 0.2) is 53.5 Å². The molecule has 0 aliphatic carbocycles. The molecule has 3 N–H and O–H groups in total. The number of rotatable bonds is 2. The van der Waals surface area contributed by atoms with Crippen molar-refractivity contribution in [1.29, 1.82) is 0 Å². The molecule has 6 heteroatoms. The number of hydrogen-bond acceptors (Lipinski definition) is 5. The fraction of sp³-hybridized carbons (Fsp3) is 0.300. The van der Waals surface area contributed by atoms with Gasteiger partial charge in [0.1, 0.15) is 0 Å². The number of nitrogens with two attached hydrogens (primary N) is 1. The molecule has 5 rings (SSSR count). The molecule has 2 aromatic carbocycles. The number of imidazole rings is 1. The van der Waals surface area contributed by atoms with Crippen LogP contribution in [0, 0.1) is 0 Å². The minimum Gasteiger partial charge on any atom is -0.372 e. The summed E-state index contributed by atoms with van der Waals surface area (Å²) in [6.07, 6.45) is 3.70. The Morgan fingerprint density at radius 1 is 0.962 bits per heavy atom. The Labute approximate surface area is 152 Å². The van der Waals surface area contributed by atoms with E-state index in [1.165, 1.54) is 24.9 Å².